The Morgan fingerprint density at radius 2 is 2.00 bits per heavy atom. The van der Waals surface area contributed by atoms with Crippen molar-refractivity contribution in [2.75, 3.05) is 20.8 Å². The monoisotopic (exact) mass is 384 g/mol. The standard InChI is InChI=1S/C21H28N4O3/c1-26-15-19-23-12-16(13-24-19)14-25-10-8-21(27-2)7-6-17(11-18(21)25)28-20-5-3-4-9-22-20/h3-5,9,12-13,17-18H,6-8,10-11,14-15H2,1-2H3/t17-,18-,21+/m0/s1. The number of hydrogen-bond donors (Lipinski definition) is 0. The molecule has 0 bridgehead atoms. The highest BCUT2D eigenvalue weighted by Gasteiger charge is 2.51. The zero-order valence-corrected chi connectivity index (χ0v) is 16.6. The van der Waals surface area contributed by atoms with E-state index in [9.17, 15) is 0 Å². The quantitative estimate of drug-likeness (QED) is 0.727. The van der Waals surface area contributed by atoms with Gasteiger partial charge >= 0.3 is 0 Å². The van der Waals surface area contributed by atoms with Crippen LogP contribution in [0, 0.1) is 0 Å². The molecule has 0 unspecified atom stereocenters. The zero-order valence-electron chi connectivity index (χ0n) is 16.6. The first kappa shape index (κ1) is 19.2. The molecule has 28 heavy (non-hydrogen) atoms. The maximum atomic E-state index is 6.16. The topological polar surface area (TPSA) is 69.6 Å². The van der Waals surface area contributed by atoms with Crippen molar-refractivity contribution < 1.29 is 14.2 Å². The van der Waals surface area contributed by atoms with Crippen LogP contribution in [0.15, 0.2) is 36.8 Å². The van der Waals surface area contributed by atoms with Gasteiger partial charge in [0.1, 0.15) is 12.7 Å². The van der Waals surface area contributed by atoms with E-state index >= 15 is 0 Å². The average molecular weight is 384 g/mol. The number of hydrogen-bond acceptors (Lipinski definition) is 7. The van der Waals surface area contributed by atoms with Crippen molar-refractivity contribution >= 4 is 0 Å². The molecule has 3 heterocycles. The van der Waals surface area contributed by atoms with Crippen molar-refractivity contribution in [3.63, 3.8) is 0 Å². The van der Waals surface area contributed by atoms with Crippen molar-refractivity contribution in [1.82, 2.24) is 19.9 Å². The third kappa shape index (κ3) is 4.01. The number of aromatic nitrogens is 3. The maximum absolute atomic E-state index is 6.16. The molecule has 7 nitrogen and oxygen atoms in total. The van der Waals surface area contributed by atoms with E-state index in [2.05, 4.69) is 19.9 Å². The molecule has 3 atom stereocenters. The Labute approximate surface area is 166 Å². The number of methoxy groups -OCH3 is 2. The summed E-state index contributed by atoms with van der Waals surface area (Å²) >= 11 is 0. The molecule has 1 saturated carbocycles. The van der Waals surface area contributed by atoms with Crippen LogP contribution in [0.3, 0.4) is 0 Å². The first-order valence-electron chi connectivity index (χ1n) is 9.88. The molecule has 2 aliphatic rings. The van der Waals surface area contributed by atoms with Crippen LogP contribution in [0.1, 0.15) is 37.1 Å². The molecule has 0 N–H and O–H groups in total. The molecular weight excluding hydrogens is 356 g/mol. The fourth-order valence-electron chi connectivity index (χ4n) is 4.54. The van der Waals surface area contributed by atoms with E-state index in [1.54, 1.807) is 13.3 Å². The van der Waals surface area contributed by atoms with Gasteiger partial charge in [-0.2, -0.15) is 0 Å². The van der Waals surface area contributed by atoms with Crippen LogP contribution in [0.25, 0.3) is 0 Å². The summed E-state index contributed by atoms with van der Waals surface area (Å²) in [5.41, 5.74) is 1.03. The van der Waals surface area contributed by atoms with Gasteiger partial charge in [0, 0.05) is 70.0 Å². The minimum absolute atomic E-state index is 0.0825. The number of rotatable bonds is 7. The van der Waals surface area contributed by atoms with E-state index in [1.807, 2.05) is 37.7 Å². The van der Waals surface area contributed by atoms with Gasteiger partial charge in [0.05, 0.1) is 5.60 Å². The maximum Gasteiger partial charge on any atom is 0.213 e. The summed E-state index contributed by atoms with van der Waals surface area (Å²) in [6.07, 6.45) is 9.71. The molecule has 150 valence electrons. The second-order valence-electron chi connectivity index (χ2n) is 7.63. The second kappa shape index (κ2) is 8.51. The molecule has 0 amide bonds. The highest BCUT2D eigenvalue weighted by molar-refractivity contribution is 5.13. The molecule has 2 aromatic heterocycles. The normalized spacial score (nSPS) is 27.5. The second-order valence-corrected chi connectivity index (χ2v) is 7.63. The SMILES string of the molecule is COCc1ncc(CN2CC[C@]3(OC)CC[C@H](Oc4ccccn4)C[C@H]23)cn1. The summed E-state index contributed by atoms with van der Waals surface area (Å²) in [6, 6.07) is 6.10. The van der Waals surface area contributed by atoms with Crippen LogP contribution in [-0.2, 0) is 22.6 Å². The van der Waals surface area contributed by atoms with E-state index in [-0.39, 0.29) is 11.7 Å². The highest BCUT2D eigenvalue weighted by Crippen LogP contribution is 2.43. The average Bonchev–Trinajstić information content (AvgIpc) is 3.09. The first-order valence-corrected chi connectivity index (χ1v) is 9.88. The predicted molar refractivity (Wildman–Crippen MR) is 104 cm³/mol. The molecule has 4 rings (SSSR count). The van der Waals surface area contributed by atoms with E-state index in [0.29, 0.717) is 24.4 Å². The van der Waals surface area contributed by atoms with Crippen LogP contribution in [0.4, 0.5) is 0 Å². The lowest BCUT2D eigenvalue weighted by Gasteiger charge is -2.43. The van der Waals surface area contributed by atoms with Crippen molar-refractivity contribution in [3.8, 4) is 5.88 Å². The van der Waals surface area contributed by atoms with Crippen LogP contribution in [0.2, 0.25) is 0 Å². The largest absolute Gasteiger partial charge is 0.474 e. The summed E-state index contributed by atoms with van der Waals surface area (Å²) in [5, 5.41) is 0. The van der Waals surface area contributed by atoms with Gasteiger partial charge in [-0.3, -0.25) is 4.90 Å². The van der Waals surface area contributed by atoms with Crippen LogP contribution < -0.4 is 4.74 Å². The molecule has 0 radical (unpaired) electrons. The summed E-state index contributed by atoms with van der Waals surface area (Å²) < 4.78 is 17.3. The Morgan fingerprint density at radius 1 is 1.14 bits per heavy atom. The molecule has 0 spiro atoms. The Balaban J connectivity index is 1.45. The molecular formula is C21H28N4O3. The summed E-state index contributed by atoms with van der Waals surface area (Å²) in [7, 11) is 3.50. The molecule has 2 fully saturated rings. The summed E-state index contributed by atoms with van der Waals surface area (Å²) in [6.45, 7) is 2.26. The molecule has 1 aliphatic carbocycles. The van der Waals surface area contributed by atoms with Crippen LogP contribution >= 0.6 is 0 Å². The van der Waals surface area contributed by atoms with Crippen molar-refractivity contribution in [2.24, 2.45) is 0 Å². The van der Waals surface area contributed by atoms with Gasteiger partial charge in [-0.15, -0.1) is 0 Å². The molecule has 7 heteroatoms. The number of nitrogens with zero attached hydrogens (tertiary/aromatic N) is 4. The number of ether oxygens (including phenoxy) is 3. The number of fused-ring (bicyclic) bond motifs is 1. The van der Waals surface area contributed by atoms with E-state index < -0.39 is 0 Å². The minimum Gasteiger partial charge on any atom is -0.474 e. The van der Waals surface area contributed by atoms with Crippen molar-refractivity contribution in [2.45, 2.75) is 56.6 Å². The first-order chi connectivity index (χ1) is 13.7. The van der Waals surface area contributed by atoms with Gasteiger partial charge in [-0.05, 0) is 25.3 Å². The van der Waals surface area contributed by atoms with Crippen molar-refractivity contribution in [3.05, 3.63) is 48.2 Å². The van der Waals surface area contributed by atoms with Gasteiger partial charge in [0.15, 0.2) is 5.82 Å². The molecule has 1 saturated heterocycles. The fourth-order valence-corrected chi connectivity index (χ4v) is 4.54. The predicted octanol–water partition coefficient (Wildman–Crippen LogP) is 2.61. The summed E-state index contributed by atoms with van der Waals surface area (Å²) in [4.78, 5) is 15.6. The zero-order chi connectivity index (χ0) is 19.4. The van der Waals surface area contributed by atoms with Crippen LogP contribution in [-0.4, -0.2) is 58.4 Å². The smallest absolute Gasteiger partial charge is 0.213 e. The van der Waals surface area contributed by atoms with Gasteiger partial charge < -0.3 is 14.2 Å². The Kier molecular flexibility index (Phi) is 5.85. The van der Waals surface area contributed by atoms with E-state index in [0.717, 1.165) is 44.3 Å². The van der Waals surface area contributed by atoms with Gasteiger partial charge in [0.25, 0.3) is 0 Å². The molecule has 1 aliphatic heterocycles. The lowest BCUT2D eigenvalue weighted by molar-refractivity contribution is -0.0843. The van der Waals surface area contributed by atoms with Crippen LogP contribution in [0.5, 0.6) is 5.88 Å². The minimum atomic E-state index is -0.0825. The van der Waals surface area contributed by atoms with E-state index in [4.69, 9.17) is 14.2 Å². The van der Waals surface area contributed by atoms with Crippen molar-refractivity contribution in [1.29, 1.82) is 0 Å². The lowest BCUT2D eigenvalue weighted by Crippen LogP contribution is -2.52. The highest BCUT2D eigenvalue weighted by atomic mass is 16.5. The Bertz CT molecular complexity index is 758. The molecule has 2 aromatic rings. The Hall–Kier alpha value is -2.09. The number of pyridine rings is 1. The van der Waals surface area contributed by atoms with Gasteiger partial charge in [0.2, 0.25) is 5.88 Å². The Morgan fingerprint density at radius 3 is 2.71 bits per heavy atom. The number of likely N-dealkylation sites (tertiary alicyclic amines) is 1. The van der Waals surface area contributed by atoms with Gasteiger partial charge in [-0.25, -0.2) is 15.0 Å². The third-order valence-electron chi connectivity index (χ3n) is 6.00. The lowest BCUT2D eigenvalue weighted by atomic mass is 9.79. The molecule has 0 aromatic carbocycles. The fraction of sp³-hybridized carbons (Fsp3) is 0.571. The van der Waals surface area contributed by atoms with E-state index in [1.165, 1.54) is 0 Å². The third-order valence-corrected chi connectivity index (χ3v) is 6.00. The van der Waals surface area contributed by atoms with Gasteiger partial charge in [-0.1, -0.05) is 6.07 Å². The summed E-state index contributed by atoms with van der Waals surface area (Å²) in [5.74, 6) is 1.41.